The fourth-order valence-corrected chi connectivity index (χ4v) is 1.70. The largest absolute Gasteiger partial charge is 0.496 e. The van der Waals surface area contributed by atoms with Crippen LogP contribution in [-0.2, 0) is 4.79 Å². The maximum atomic E-state index is 11.2. The number of rotatable bonds is 5. The van der Waals surface area contributed by atoms with E-state index in [9.17, 15) is 4.79 Å². The van der Waals surface area contributed by atoms with Crippen molar-refractivity contribution < 1.29 is 14.6 Å². The van der Waals surface area contributed by atoms with Crippen molar-refractivity contribution in [1.82, 2.24) is 0 Å². The Hall–Kier alpha value is -1.55. The molecule has 4 nitrogen and oxygen atoms in total. The molecule has 3 N–H and O–H groups in total. The molecule has 0 spiro atoms. The molecule has 16 heavy (non-hydrogen) atoms. The Morgan fingerprint density at radius 1 is 1.56 bits per heavy atom. The lowest BCUT2D eigenvalue weighted by Gasteiger charge is -2.16. The first-order valence-corrected chi connectivity index (χ1v) is 5.17. The molecule has 1 aromatic rings. The number of hydrogen-bond acceptors (Lipinski definition) is 3. The maximum absolute atomic E-state index is 11.2. The molecule has 0 aromatic heterocycles. The number of benzene rings is 1. The molecular weight excluding hydrogens is 206 g/mol. The minimum atomic E-state index is -0.866. The summed E-state index contributed by atoms with van der Waals surface area (Å²) in [5.41, 5.74) is 7.14. The van der Waals surface area contributed by atoms with Crippen LogP contribution in [0.25, 0.3) is 0 Å². The number of carboxylic acid groups (broad SMARTS) is 1. The standard InChI is InChI=1S/C12H17NO3/c1-8-3-4-11(16-2)10(7-8)9(5-6-13)12(14)15/h3-4,7,9H,5-6,13H2,1-2H3,(H,14,15). The zero-order chi connectivity index (χ0) is 12.1. The van der Waals surface area contributed by atoms with Crippen LogP contribution in [0.3, 0.4) is 0 Å². The van der Waals surface area contributed by atoms with E-state index in [0.29, 0.717) is 24.3 Å². The summed E-state index contributed by atoms with van der Waals surface area (Å²) in [6.07, 6.45) is 0.412. The lowest BCUT2D eigenvalue weighted by atomic mass is 9.93. The fourth-order valence-electron chi connectivity index (χ4n) is 1.70. The quantitative estimate of drug-likeness (QED) is 0.793. The van der Waals surface area contributed by atoms with Crippen molar-refractivity contribution >= 4 is 5.97 Å². The van der Waals surface area contributed by atoms with Gasteiger partial charge in [0.15, 0.2) is 0 Å². The van der Waals surface area contributed by atoms with Gasteiger partial charge in [0, 0.05) is 5.56 Å². The van der Waals surface area contributed by atoms with E-state index in [1.54, 1.807) is 6.07 Å². The summed E-state index contributed by atoms with van der Waals surface area (Å²) in [6.45, 7) is 2.26. The molecule has 1 unspecified atom stereocenters. The molecule has 0 aliphatic carbocycles. The third-order valence-corrected chi connectivity index (χ3v) is 2.51. The van der Waals surface area contributed by atoms with E-state index in [2.05, 4.69) is 0 Å². The molecule has 0 saturated carbocycles. The number of carboxylic acids is 1. The van der Waals surface area contributed by atoms with E-state index in [1.165, 1.54) is 7.11 Å². The third-order valence-electron chi connectivity index (χ3n) is 2.51. The van der Waals surface area contributed by atoms with Crippen LogP contribution in [0, 0.1) is 6.92 Å². The van der Waals surface area contributed by atoms with Gasteiger partial charge in [-0.25, -0.2) is 0 Å². The molecule has 0 aliphatic rings. The van der Waals surface area contributed by atoms with Gasteiger partial charge in [0.05, 0.1) is 13.0 Å². The Kier molecular flexibility index (Phi) is 4.31. The van der Waals surface area contributed by atoms with Crippen LogP contribution in [0.15, 0.2) is 18.2 Å². The molecule has 1 rings (SSSR count). The van der Waals surface area contributed by atoms with Gasteiger partial charge in [-0.15, -0.1) is 0 Å². The zero-order valence-electron chi connectivity index (χ0n) is 9.56. The van der Waals surface area contributed by atoms with Crippen molar-refractivity contribution in [1.29, 1.82) is 0 Å². The number of aliphatic carboxylic acids is 1. The van der Waals surface area contributed by atoms with Crippen molar-refractivity contribution in [2.75, 3.05) is 13.7 Å². The van der Waals surface area contributed by atoms with Crippen molar-refractivity contribution in [3.8, 4) is 5.75 Å². The summed E-state index contributed by atoms with van der Waals surface area (Å²) < 4.78 is 5.17. The summed E-state index contributed by atoms with van der Waals surface area (Å²) in [4.78, 5) is 11.2. The fraction of sp³-hybridized carbons (Fsp3) is 0.417. The normalized spacial score (nSPS) is 12.2. The van der Waals surface area contributed by atoms with Crippen LogP contribution in [0.1, 0.15) is 23.5 Å². The Bertz CT molecular complexity index is 377. The van der Waals surface area contributed by atoms with E-state index in [1.807, 2.05) is 19.1 Å². The highest BCUT2D eigenvalue weighted by Crippen LogP contribution is 2.29. The second kappa shape index (κ2) is 5.51. The smallest absolute Gasteiger partial charge is 0.311 e. The third kappa shape index (κ3) is 2.73. The Balaban J connectivity index is 3.15. The van der Waals surface area contributed by atoms with Crippen LogP contribution in [0.2, 0.25) is 0 Å². The molecule has 0 fully saturated rings. The maximum Gasteiger partial charge on any atom is 0.311 e. The van der Waals surface area contributed by atoms with E-state index < -0.39 is 11.9 Å². The van der Waals surface area contributed by atoms with E-state index in [-0.39, 0.29) is 0 Å². The first kappa shape index (κ1) is 12.5. The molecule has 0 amide bonds. The molecule has 0 heterocycles. The molecular formula is C12H17NO3. The SMILES string of the molecule is COc1ccc(C)cc1C(CCN)C(=O)O. The van der Waals surface area contributed by atoms with Gasteiger partial charge in [-0.05, 0) is 26.0 Å². The highest BCUT2D eigenvalue weighted by Gasteiger charge is 2.22. The van der Waals surface area contributed by atoms with Gasteiger partial charge in [0.25, 0.3) is 0 Å². The molecule has 4 heteroatoms. The first-order valence-electron chi connectivity index (χ1n) is 5.17. The Morgan fingerprint density at radius 3 is 2.75 bits per heavy atom. The Labute approximate surface area is 95.0 Å². The van der Waals surface area contributed by atoms with Crippen LogP contribution in [0.5, 0.6) is 5.75 Å². The van der Waals surface area contributed by atoms with Gasteiger partial charge < -0.3 is 15.6 Å². The van der Waals surface area contributed by atoms with Crippen LogP contribution >= 0.6 is 0 Å². The zero-order valence-corrected chi connectivity index (χ0v) is 9.56. The summed E-state index contributed by atoms with van der Waals surface area (Å²) in [5.74, 6) is -0.861. The topological polar surface area (TPSA) is 72.5 Å². The predicted molar refractivity (Wildman–Crippen MR) is 61.8 cm³/mol. The second-order valence-corrected chi connectivity index (χ2v) is 3.71. The highest BCUT2D eigenvalue weighted by molar-refractivity contribution is 5.77. The average Bonchev–Trinajstić information content (AvgIpc) is 2.25. The number of aryl methyl sites for hydroxylation is 1. The second-order valence-electron chi connectivity index (χ2n) is 3.71. The molecule has 0 radical (unpaired) electrons. The molecule has 0 bridgehead atoms. The number of hydrogen-bond donors (Lipinski definition) is 2. The van der Waals surface area contributed by atoms with Crippen LogP contribution in [-0.4, -0.2) is 24.7 Å². The molecule has 0 aliphatic heterocycles. The van der Waals surface area contributed by atoms with Crippen LogP contribution in [0.4, 0.5) is 0 Å². The molecule has 0 saturated heterocycles. The van der Waals surface area contributed by atoms with Crippen molar-refractivity contribution in [2.45, 2.75) is 19.3 Å². The lowest BCUT2D eigenvalue weighted by Crippen LogP contribution is -2.17. The number of ether oxygens (including phenoxy) is 1. The number of carbonyl (C=O) groups is 1. The van der Waals surface area contributed by atoms with E-state index >= 15 is 0 Å². The van der Waals surface area contributed by atoms with Crippen LogP contribution < -0.4 is 10.5 Å². The average molecular weight is 223 g/mol. The summed E-state index contributed by atoms with van der Waals surface area (Å²) >= 11 is 0. The van der Waals surface area contributed by atoms with Gasteiger partial charge in [-0.1, -0.05) is 17.7 Å². The summed E-state index contributed by atoms with van der Waals surface area (Å²) in [6, 6.07) is 5.52. The van der Waals surface area contributed by atoms with Gasteiger partial charge in [0.2, 0.25) is 0 Å². The number of nitrogens with two attached hydrogens (primary N) is 1. The lowest BCUT2D eigenvalue weighted by molar-refractivity contribution is -0.138. The number of methoxy groups -OCH3 is 1. The molecule has 1 aromatic carbocycles. The molecule has 1 atom stereocenters. The summed E-state index contributed by atoms with van der Waals surface area (Å²) in [7, 11) is 1.54. The van der Waals surface area contributed by atoms with Crippen molar-refractivity contribution in [2.24, 2.45) is 5.73 Å². The monoisotopic (exact) mass is 223 g/mol. The Morgan fingerprint density at radius 2 is 2.25 bits per heavy atom. The van der Waals surface area contributed by atoms with E-state index in [0.717, 1.165) is 5.56 Å². The van der Waals surface area contributed by atoms with Gasteiger partial charge in [-0.3, -0.25) is 4.79 Å². The summed E-state index contributed by atoms with van der Waals surface area (Å²) in [5, 5.41) is 9.16. The van der Waals surface area contributed by atoms with Gasteiger partial charge in [0.1, 0.15) is 5.75 Å². The molecule has 88 valence electrons. The van der Waals surface area contributed by atoms with Gasteiger partial charge in [-0.2, -0.15) is 0 Å². The minimum Gasteiger partial charge on any atom is -0.496 e. The van der Waals surface area contributed by atoms with E-state index in [4.69, 9.17) is 15.6 Å². The predicted octanol–water partition coefficient (Wildman–Crippen LogP) is 1.52. The minimum absolute atomic E-state index is 0.341. The van der Waals surface area contributed by atoms with Crippen molar-refractivity contribution in [3.63, 3.8) is 0 Å². The van der Waals surface area contributed by atoms with Crippen molar-refractivity contribution in [3.05, 3.63) is 29.3 Å². The highest BCUT2D eigenvalue weighted by atomic mass is 16.5. The first-order chi connectivity index (χ1) is 7.60. The van der Waals surface area contributed by atoms with Gasteiger partial charge >= 0.3 is 5.97 Å².